The zero-order chi connectivity index (χ0) is 12.1. The number of Topliss-reactive ketones (excluding diaryl/α,β-unsaturated/α-hetero) is 1. The lowest BCUT2D eigenvalue weighted by atomic mass is 10.1. The molecule has 3 unspecified atom stereocenters. The van der Waals surface area contributed by atoms with Crippen LogP contribution in [0.15, 0.2) is 18.2 Å². The Hall–Kier alpha value is -1.55. The highest BCUT2D eigenvalue weighted by Crippen LogP contribution is 2.56. The first kappa shape index (κ1) is 11.0. The summed E-state index contributed by atoms with van der Waals surface area (Å²) in [5.41, 5.74) is 19.3. The van der Waals surface area contributed by atoms with Crippen molar-refractivity contribution in [3.63, 3.8) is 0 Å². The van der Waals surface area contributed by atoms with E-state index >= 15 is 0 Å². The lowest BCUT2D eigenvalue weighted by Gasteiger charge is -2.05. The summed E-state index contributed by atoms with van der Waals surface area (Å²) in [5, 5.41) is 0. The summed E-state index contributed by atoms with van der Waals surface area (Å²) in [7, 11) is 0. The van der Waals surface area contributed by atoms with Gasteiger partial charge >= 0.3 is 0 Å². The molecule has 0 saturated heterocycles. The fourth-order valence-electron chi connectivity index (χ4n) is 2.64. The summed E-state index contributed by atoms with van der Waals surface area (Å²) in [4.78, 5) is 11.4. The van der Waals surface area contributed by atoms with E-state index in [4.69, 9.17) is 17.2 Å². The second kappa shape index (κ2) is 3.22. The Morgan fingerprint density at radius 2 is 1.75 bits per heavy atom. The molecule has 4 heteroatoms. The molecule has 1 aliphatic carbocycles. The van der Waals surface area contributed by atoms with Gasteiger partial charge in [-0.3, -0.25) is 4.79 Å². The Labute approximate surface area is 94.8 Å². The third-order valence-corrected chi connectivity index (χ3v) is 3.36. The molecule has 16 heavy (non-hydrogen) atoms. The quantitative estimate of drug-likeness (QED) is 0.643. The van der Waals surface area contributed by atoms with Crippen LogP contribution in [0.2, 0.25) is 0 Å². The maximum Gasteiger partial charge on any atom is 0.135 e. The highest BCUT2D eigenvalue weighted by molar-refractivity contribution is 5.86. The molecule has 0 bridgehead atoms. The summed E-state index contributed by atoms with van der Waals surface area (Å²) >= 11 is 0. The molecule has 1 aromatic rings. The second-order valence-electron chi connectivity index (χ2n) is 4.87. The molecular formula is C12H17N3O. The first-order valence-electron chi connectivity index (χ1n) is 5.29. The average molecular weight is 219 g/mol. The number of nitrogens with two attached hydrogens (primary N) is 3. The van der Waals surface area contributed by atoms with Crippen LogP contribution in [0.4, 0.5) is 11.4 Å². The van der Waals surface area contributed by atoms with Gasteiger partial charge in [-0.2, -0.15) is 0 Å². The van der Waals surface area contributed by atoms with Crippen molar-refractivity contribution in [3.05, 3.63) is 23.8 Å². The van der Waals surface area contributed by atoms with Gasteiger partial charge in [0.15, 0.2) is 0 Å². The predicted molar refractivity (Wildman–Crippen MR) is 64.8 cm³/mol. The van der Waals surface area contributed by atoms with Gasteiger partial charge in [-0.25, -0.2) is 0 Å². The smallest absolute Gasteiger partial charge is 0.135 e. The minimum Gasteiger partial charge on any atom is -0.399 e. The van der Waals surface area contributed by atoms with Crippen molar-refractivity contribution in [2.24, 2.45) is 11.7 Å². The van der Waals surface area contributed by atoms with Crippen LogP contribution in [-0.4, -0.2) is 11.3 Å². The van der Waals surface area contributed by atoms with Crippen molar-refractivity contribution in [1.82, 2.24) is 0 Å². The maximum absolute atomic E-state index is 11.4. The van der Waals surface area contributed by atoms with Gasteiger partial charge in [0.25, 0.3) is 0 Å². The molecule has 0 amide bonds. The van der Waals surface area contributed by atoms with Crippen molar-refractivity contribution >= 4 is 17.2 Å². The fraction of sp³-hybridized carbons (Fsp3) is 0.417. The molecule has 0 spiro atoms. The first-order chi connectivity index (χ1) is 7.34. The van der Waals surface area contributed by atoms with Crippen molar-refractivity contribution in [3.8, 4) is 0 Å². The third kappa shape index (κ3) is 1.55. The fourth-order valence-corrected chi connectivity index (χ4v) is 2.64. The van der Waals surface area contributed by atoms with Crippen LogP contribution in [0.3, 0.4) is 0 Å². The zero-order valence-electron chi connectivity index (χ0n) is 9.53. The summed E-state index contributed by atoms with van der Waals surface area (Å²) in [6.45, 7) is 3.47. The number of nitrogen functional groups attached to an aromatic ring is 2. The molecule has 0 radical (unpaired) electrons. The van der Waals surface area contributed by atoms with Crippen LogP contribution in [-0.2, 0) is 4.79 Å². The van der Waals surface area contributed by atoms with Crippen LogP contribution < -0.4 is 17.2 Å². The highest BCUT2D eigenvalue weighted by Gasteiger charge is 2.61. The third-order valence-electron chi connectivity index (χ3n) is 3.36. The van der Waals surface area contributed by atoms with Gasteiger partial charge in [-0.05, 0) is 37.6 Å². The Morgan fingerprint density at radius 1 is 1.25 bits per heavy atom. The molecule has 86 valence electrons. The van der Waals surface area contributed by atoms with Crippen molar-refractivity contribution in [1.29, 1.82) is 0 Å². The number of benzene rings is 1. The van der Waals surface area contributed by atoms with Gasteiger partial charge in [0.1, 0.15) is 5.78 Å². The Kier molecular flexibility index (Phi) is 2.20. The maximum atomic E-state index is 11.4. The minimum absolute atomic E-state index is 0.0378. The lowest BCUT2D eigenvalue weighted by Crippen LogP contribution is -2.23. The van der Waals surface area contributed by atoms with Crippen LogP contribution in [0, 0.1) is 5.92 Å². The van der Waals surface area contributed by atoms with E-state index in [1.807, 2.05) is 19.1 Å². The monoisotopic (exact) mass is 219 g/mol. The van der Waals surface area contributed by atoms with Crippen molar-refractivity contribution in [2.45, 2.75) is 25.3 Å². The number of ketones is 1. The number of carbonyl (C=O) groups excluding carboxylic acids is 1. The van der Waals surface area contributed by atoms with E-state index in [1.165, 1.54) is 0 Å². The Morgan fingerprint density at radius 3 is 2.12 bits per heavy atom. The molecule has 1 aromatic carbocycles. The van der Waals surface area contributed by atoms with Crippen molar-refractivity contribution < 1.29 is 4.79 Å². The predicted octanol–water partition coefficient (Wildman–Crippen LogP) is 0.871. The molecule has 4 nitrogen and oxygen atoms in total. The molecule has 0 aliphatic heterocycles. The number of anilines is 2. The van der Waals surface area contributed by atoms with Gasteiger partial charge in [0, 0.05) is 28.7 Å². The molecule has 1 saturated carbocycles. The molecule has 6 N–H and O–H groups in total. The average Bonchev–Trinajstić information content (AvgIpc) is 2.67. The Balaban J connectivity index is 2.37. The molecule has 1 fully saturated rings. The van der Waals surface area contributed by atoms with E-state index in [1.54, 1.807) is 13.0 Å². The highest BCUT2D eigenvalue weighted by atomic mass is 16.1. The van der Waals surface area contributed by atoms with Crippen LogP contribution in [0.25, 0.3) is 0 Å². The SMILES string of the molecule is CC(=O)C1C(c2cc(N)cc(N)c2)C1(C)N. The largest absolute Gasteiger partial charge is 0.399 e. The number of carbonyl (C=O) groups is 1. The minimum atomic E-state index is -0.466. The topological polar surface area (TPSA) is 95.1 Å². The van der Waals surface area contributed by atoms with E-state index in [0.717, 1.165) is 5.56 Å². The van der Waals surface area contributed by atoms with Crippen LogP contribution in [0.1, 0.15) is 25.3 Å². The summed E-state index contributed by atoms with van der Waals surface area (Å²) < 4.78 is 0. The van der Waals surface area contributed by atoms with Crippen LogP contribution >= 0.6 is 0 Å². The molecule has 1 aliphatic rings. The van der Waals surface area contributed by atoms with E-state index < -0.39 is 5.54 Å². The van der Waals surface area contributed by atoms with Gasteiger partial charge in [0.2, 0.25) is 0 Å². The standard InChI is InChI=1S/C12H17N3O/c1-6(16)10-11(12(10,2)15)7-3-8(13)5-9(14)4-7/h3-5,10-11H,13-15H2,1-2H3. The molecule has 3 atom stereocenters. The first-order valence-corrected chi connectivity index (χ1v) is 5.29. The number of hydrogen-bond donors (Lipinski definition) is 3. The van der Waals surface area contributed by atoms with E-state index in [-0.39, 0.29) is 17.6 Å². The summed E-state index contributed by atoms with van der Waals surface area (Å²) in [6, 6.07) is 5.38. The van der Waals surface area contributed by atoms with E-state index in [2.05, 4.69) is 0 Å². The molecule has 0 aromatic heterocycles. The van der Waals surface area contributed by atoms with Gasteiger partial charge in [0.05, 0.1) is 0 Å². The van der Waals surface area contributed by atoms with Crippen molar-refractivity contribution in [2.75, 3.05) is 11.5 Å². The molecule has 2 rings (SSSR count). The number of hydrogen-bond acceptors (Lipinski definition) is 4. The summed E-state index contributed by atoms with van der Waals surface area (Å²) in [5.74, 6) is 0.0421. The Bertz CT molecular complexity index is 433. The summed E-state index contributed by atoms with van der Waals surface area (Å²) in [6.07, 6.45) is 0. The zero-order valence-corrected chi connectivity index (χ0v) is 9.53. The van der Waals surface area contributed by atoms with E-state index in [9.17, 15) is 4.79 Å². The number of rotatable bonds is 2. The molecule has 0 heterocycles. The van der Waals surface area contributed by atoms with Gasteiger partial charge in [-0.15, -0.1) is 0 Å². The van der Waals surface area contributed by atoms with Gasteiger partial charge in [-0.1, -0.05) is 0 Å². The van der Waals surface area contributed by atoms with Crippen LogP contribution in [0.5, 0.6) is 0 Å². The van der Waals surface area contributed by atoms with E-state index in [0.29, 0.717) is 11.4 Å². The molecular weight excluding hydrogens is 202 g/mol. The second-order valence-corrected chi connectivity index (χ2v) is 4.87. The normalized spacial score (nSPS) is 32.4. The lowest BCUT2D eigenvalue weighted by molar-refractivity contribution is -0.118. The van der Waals surface area contributed by atoms with Gasteiger partial charge < -0.3 is 17.2 Å².